The Labute approximate surface area is 119 Å². The third-order valence-electron chi connectivity index (χ3n) is 2.24. The van der Waals surface area contributed by atoms with Gasteiger partial charge in [-0.1, -0.05) is 52.3 Å². The Hall–Kier alpha value is -0.610. The number of carbonyl (C=O) groups is 1. The Morgan fingerprint density at radius 2 is 1.82 bits per heavy atom. The predicted molar refractivity (Wildman–Crippen MR) is 78.4 cm³/mol. The van der Waals surface area contributed by atoms with Crippen molar-refractivity contribution in [2.75, 3.05) is 0 Å². The van der Waals surface area contributed by atoms with Gasteiger partial charge in [0.25, 0.3) is 0 Å². The number of rotatable bonds is 3. The van der Waals surface area contributed by atoms with Crippen molar-refractivity contribution >= 4 is 37.8 Å². The average Bonchev–Trinajstić information content (AvgIpc) is 2.27. The third kappa shape index (κ3) is 7.34. The topological polar surface area (TPSA) is 37.3 Å². The van der Waals surface area contributed by atoms with Gasteiger partial charge >= 0.3 is 5.97 Å². The van der Waals surface area contributed by atoms with E-state index in [0.717, 1.165) is 15.0 Å². The summed E-state index contributed by atoms with van der Waals surface area (Å²) in [5.41, 5.74) is 1.39. The molecule has 0 aliphatic heterocycles. The van der Waals surface area contributed by atoms with Gasteiger partial charge in [-0.05, 0) is 36.1 Å². The van der Waals surface area contributed by atoms with Gasteiger partial charge in [-0.15, -0.1) is 0 Å². The van der Waals surface area contributed by atoms with Gasteiger partial charge in [-0.3, -0.25) is 0 Å². The summed E-state index contributed by atoms with van der Waals surface area (Å²) in [6, 6.07) is 6.42. The highest BCUT2D eigenvalue weighted by atomic mass is 79.9. The van der Waals surface area contributed by atoms with E-state index in [2.05, 4.69) is 70.5 Å². The summed E-state index contributed by atoms with van der Waals surface area (Å²) in [5, 5.41) is 7.60. The van der Waals surface area contributed by atoms with Crippen LogP contribution in [0.2, 0.25) is 0 Å². The molecule has 1 unspecified atom stereocenters. The maximum absolute atomic E-state index is 9.25. The van der Waals surface area contributed by atoms with Crippen molar-refractivity contribution in [1.82, 2.24) is 0 Å². The van der Waals surface area contributed by atoms with Crippen molar-refractivity contribution in [3.8, 4) is 0 Å². The number of carboxylic acids is 1. The molecular weight excluding hydrogens is 348 g/mol. The summed E-state index contributed by atoms with van der Waals surface area (Å²) < 4.78 is 2.29. The summed E-state index contributed by atoms with van der Waals surface area (Å²) in [4.78, 5) is 9.25. The Morgan fingerprint density at radius 3 is 2.12 bits per heavy atom. The largest absolute Gasteiger partial charge is 0.478 e. The average molecular weight is 364 g/mol. The van der Waals surface area contributed by atoms with Crippen LogP contribution in [-0.4, -0.2) is 11.1 Å². The van der Waals surface area contributed by atoms with Crippen LogP contribution in [0.1, 0.15) is 31.7 Å². The highest BCUT2D eigenvalue weighted by Gasteiger charge is 2.04. The van der Waals surface area contributed by atoms with Crippen LogP contribution in [-0.2, 0) is 4.79 Å². The lowest BCUT2D eigenvalue weighted by Crippen LogP contribution is -1.90. The molecule has 4 heteroatoms. The summed E-state index contributed by atoms with van der Waals surface area (Å²) in [7, 11) is 0. The second-order valence-corrected chi connectivity index (χ2v) is 5.39. The van der Waals surface area contributed by atoms with E-state index in [1.807, 2.05) is 0 Å². The van der Waals surface area contributed by atoms with Crippen LogP contribution >= 0.6 is 31.9 Å². The van der Waals surface area contributed by atoms with Gasteiger partial charge in [0, 0.05) is 15.0 Å². The van der Waals surface area contributed by atoms with Crippen molar-refractivity contribution < 1.29 is 9.90 Å². The molecule has 0 aliphatic rings. The number of aliphatic carboxylic acids is 1. The van der Waals surface area contributed by atoms with E-state index in [4.69, 9.17) is 5.11 Å². The first kappa shape index (κ1) is 16.4. The standard InChI is InChI=1S/C10H12Br2.C3H4O2/c1-3-7(2)8-4-9(11)6-10(12)5-8;1-2-3(4)5/h4-7H,3H2,1-2H3;2H,1H2,(H,4,5). The molecule has 1 aromatic carbocycles. The third-order valence-corrected chi connectivity index (χ3v) is 3.16. The van der Waals surface area contributed by atoms with E-state index in [-0.39, 0.29) is 0 Å². The molecule has 0 saturated heterocycles. The molecular formula is C13H16Br2O2. The van der Waals surface area contributed by atoms with Crippen molar-refractivity contribution in [3.63, 3.8) is 0 Å². The molecule has 1 rings (SSSR count). The van der Waals surface area contributed by atoms with Gasteiger partial charge in [0.1, 0.15) is 0 Å². The van der Waals surface area contributed by atoms with Gasteiger partial charge in [-0.25, -0.2) is 4.79 Å². The Balaban J connectivity index is 0.000000437. The number of halogens is 2. The van der Waals surface area contributed by atoms with Crippen LogP contribution in [0.5, 0.6) is 0 Å². The molecule has 0 bridgehead atoms. The molecule has 0 aliphatic carbocycles. The zero-order chi connectivity index (χ0) is 13.4. The van der Waals surface area contributed by atoms with Crippen molar-refractivity contribution in [3.05, 3.63) is 45.4 Å². The van der Waals surface area contributed by atoms with Crippen LogP contribution < -0.4 is 0 Å². The molecule has 0 heterocycles. The predicted octanol–water partition coefficient (Wildman–Crippen LogP) is 4.98. The van der Waals surface area contributed by atoms with E-state index in [0.29, 0.717) is 5.92 Å². The molecule has 94 valence electrons. The van der Waals surface area contributed by atoms with Gasteiger partial charge in [0.2, 0.25) is 0 Å². The lowest BCUT2D eigenvalue weighted by Gasteiger charge is -2.09. The quantitative estimate of drug-likeness (QED) is 0.768. The molecule has 0 aromatic heterocycles. The van der Waals surface area contributed by atoms with Crippen LogP contribution in [0.15, 0.2) is 39.8 Å². The second-order valence-electron chi connectivity index (χ2n) is 3.55. The van der Waals surface area contributed by atoms with E-state index in [9.17, 15) is 4.79 Å². The summed E-state index contributed by atoms with van der Waals surface area (Å²) >= 11 is 6.96. The zero-order valence-electron chi connectivity index (χ0n) is 9.91. The van der Waals surface area contributed by atoms with Gasteiger partial charge in [0.05, 0.1) is 0 Å². The van der Waals surface area contributed by atoms with Gasteiger partial charge in [-0.2, -0.15) is 0 Å². The molecule has 0 fully saturated rings. The first-order valence-electron chi connectivity index (χ1n) is 5.22. The highest BCUT2D eigenvalue weighted by molar-refractivity contribution is 9.11. The van der Waals surface area contributed by atoms with Gasteiger partial charge in [0.15, 0.2) is 0 Å². The normalized spacial score (nSPS) is 11.1. The Bertz CT molecular complexity index is 369. The summed E-state index contributed by atoms with van der Waals surface area (Å²) in [6.07, 6.45) is 2.02. The fraction of sp³-hybridized carbons (Fsp3) is 0.308. The molecule has 1 N–H and O–H groups in total. The molecule has 0 spiro atoms. The van der Waals surface area contributed by atoms with Crippen LogP contribution in [0.3, 0.4) is 0 Å². The second kappa shape index (κ2) is 8.48. The fourth-order valence-electron chi connectivity index (χ4n) is 1.10. The molecule has 17 heavy (non-hydrogen) atoms. The maximum atomic E-state index is 9.25. The summed E-state index contributed by atoms with van der Waals surface area (Å²) in [6.45, 7) is 7.41. The highest BCUT2D eigenvalue weighted by Crippen LogP contribution is 2.26. The van der Waals surface area contributed by atoms with E-state index < -0.39 is 5.97 Å². The minimum Gasteiger partial charge on any atom is -0.478 e. The van der Waals surface area contributed by atoms with Crippen LogP contribution in [0.4, 0.5) is 0 Å². The monoisotopic (exact) mass is 362 g/mol. The Kier molecular flexibility index (Phi) is 8.17. The number of carboxylic acid groups (broad SMARTS) is 1. The molecule has 0 radical (unpaired) electrons. The number of hydrogen-bond acceptors (Lipinski definition) is 1. The lowest BCUT2D eigenvalue weighted by molar-refractivity contribution is -0.131. The van der Waals surface area contributed by atoms with Crippen LogP contribution in [0, 0.1) is 0 Å². The van der Waals surface area contributed by atoms with Gasteiger partial charge < -0.3 is 5.11 Å². The maximum Gasteiger partial charge on any atom is 0.327 e. The lowest BCUT2D eigenvalue weighted by atomic mass is 9.99. The Morgan fingerprint density at radius 1 is 1.41 bits per heavy atom. The molecule has 2 nitrogen and oxygen atoms in total. The minimum absolute atomic E-state index is 0.638. The minimum atomic E-state index is -0.981. The molecule has 1 aromatic rings. The zero-order valence-corrected chi connectivity index (χ0v) is 13.1. The van der Waals surface area contributed by atoms with E-state index >= 15 is 0 Å². The van der Waals surface area contributed by atoms with E-state index in [1.54, 1.807) is 0 Å². The van der Waals surface area contributed by atoms with E-state index in [1.165, 1.54) is 12.0 Å². The first-order valence-corrected chi connectivity index (χ1v) is 6.80. The number of benzene rings is 1. The molecule has 1 atom stereocenters. The number of hydrogen-bond donors (Lipinski definition) is 1. The summed E-state index contributed by atoms with van der Waals surface area (Å²) in [5.74, 6) is -0.344. The molecule has 0 saturated carbocycles. The van der Waals surface area contributed by atoms with Crippen molar-refractivity contribution in [2.24, 2.45) is 0 Å². The molecule has 0 amide bonds. The van der Waals surface area contributed by atoms with Crippen LogP contribution in [0.25, 0.3) is 0 Å². The first-order chi connectivity index (χ1) is 7.90. The van der Waals surface area contributed by atoms with Crippen molar-refractivity contribution in [1.29, 1.82) is 0 Å². The SMILES string of the molecule is C=CC(=O)O.CCC(C)c1cc(Br)cc(Br)c1. The fourth-order valence-corrected chi connectivity index (χ4v) is 2.42. The smallest absolute Gasteiger partial charge is 0.327 e. The van der Waals surface area contributed by atoms with Crippen molar-refractivity contribution in [2.45, 2.75) is 26.2 Å².